The second-order valence-electron chi connectivity index (χ2n) is 7.44. The van der Waals surface area contributed by atoms with Gasteiger partial charge >= 0.3 is 6.09 Å². The maximum atomic E-state index is 12.3. The lowest BCUT2D eigenvalue weighted by atomic mass is 9.99. The molecule has 0 fully saturated rings. The summed E-state index contributed by atoms with van der Waals surface area (Å²) in [6.07, 6.45) is 3.11. The van der Waals surface area contributed by atoms with Gasteiger partial charge in [-0.15, -0.1) is 0 Å². The Morgan fingerprint density at radius 3 is 2.58 bits per heavy atom. The average molecular weight is 443 g/mol. The molecule has 9 nitrogen and oxygen atoms in total. The van der Waals surface area contributed by atoms with Gasteiger partial charge < -0.3 is 4.84 Å². The standard InChI is InChI=1S/C24H21N5O4/c1-15-6-5-7-16(2)23(15)27-24(30)33-28-22-12-10-18(20-8-3-4-13-25-20)19-14-17(29(31)32)9-11-21(19)26-22/h3-11,13-14H,12H2,1-2H3,(H,26,28)(H,27,30). The number of benzene rings is 2. The third kappa shape index (κ3) is 4.87. The molecule has 0 bridgehead atoms. The van der Waals surface area contributed by atoms with Crippen LogP contribution < -0.4 is 10.8 Å². The van der Waals surface area contributed by atoms with Crippen LogP contribution in [0.4, 0.5) is 21.9 Å². The monoisotopic (exact) mass is 443 g/mol. The van der Waals surface area contributed by atoms with E-state index < -0.39 is 11.0 Å². The number of fused-ring (bicyclic) bond motifs is 1. The summed E-state index contributed by atoms with van der Waals surface area (Å²) in [6, 6.07) is 15.6. The van der Waals surface area contributed by atoms with Crippen molar-refractivity contribution in [3.63, 3.8) is 0 Å². The van der Waals surface area contributed by atoms with E-state index in [9.17, 15) is 14.9 Å². The first kappa shape index (κ1) is 21.7. The molecule has 0 radical (unpaired) electrons. The number of pyridine rings is 1. The number of hydrogen-bond donors (Lipinski definition) is 2. The number of nitro benzene ring substituents is 1. The molecule has 0 spiro atoms. The molecule has 0 saturated heterocycles. The number of nitro groups is 1. The number of nitrogens with zero attached hydrogens (tertiary/aromatic N) is 3. The first-order chi connectivity index (χ1) is 15.9. The van der Waals surface area contributed by atoms with Crippen LogP contribution in [0, 0.1) is 24.0 Å². The molecule has 2 heterocycles. The van der Waals surface area contributed by atoms with Crippen LogP contribution in [0.2, 0.25) is 0 Å². The van der Waals surface area contributed by atoms with E-state index in [1.807, 2.05) is 50.3 Å². The predicted molar refractivity (Wildman–Crippen MR) is 125 cm³/mol. The van der Waals surface area contributed by atoms with Crippen molar-refractivity contribution in [2.75, 3.05) is 5.32 Å². The van der Waals surface area contributed by atoms with Gasteiger partial charge in [0.15, 0.2) is 0 Å². The highest BCUT2D eigenvalue weighted by Gasteiger charge is 2.20. The van der Waals surface area contributed by atoms with Gasteiger partial charge in [-0.25, -0.2) is 15.3 Å². The summed E-state index contributed by atoms with van der Waals surface area (Å²) < 4.78 is 0. The SMILES string of the molecule is Cc1cccc(C)c1NC(=O)ONC1=Nc2ccc([N+](=O)[O-])cc2C(c2ccccn2)=CC1. The molecule has 2 N–H and O–H groups in total. The van der Waals surface area contributed by atoms with Gasteiger partial charge in [0, 0.05) is 41.6 Å². The summed E-state index contributed by atoms with van der Waals surface area (Å²) in [5, 5.41) is 14.0. The topological polar surface area (TPSA) is 119 Å². The molecule has 0 unspecified atom stereocenters. The highest BCUT2D eigenvalue weighted by molar-refractivity contribution is 5.96. The van der Waals surface area contributed by atoms with E-state index in [1.165, 1.54) is 12.1 Å². The summed E-state index contributed by atoms with van der Waals surface area (Å²) in [5.74, 6) is 0.368. The zero-order valence-corrected chi connectivity index (χ0v) is 18.0. The van der Waals surface area contributed by atoms with Crippen molar-refractivity contribution in [3.05, 3.63) is 99.4 Å². The summed E-state index contributed by atoms with van der Waals surface area (Å²) in [4.78, 5) is 37.3. The van der Waals surface area contributed by atoms with Crippen LogP contribution >= 0.6 is 0 Å². The van der Waals surface area contributed by atoms with Gasteiger partial charge in [0.25, 0.3) is 5.69 Å². The van der Waals surface area contributed by atoms with E-state index in [4.69, 9.17) is 4.84 Å². The number of nitrogens with one attached hydrogen (secondary N) is 2. The quantitative estimate of drug-likeness (QED) is 0.423. The molecule has 4 rings (SSSR count). The molecular formula is C24H21N5O4. The van der Waals surface area contributed by atoms with Crippen LogP contribution in [-0.4, -0.2) is 21.8 Å². The highest BCUT2D eigenvalue weighted by atomic mass is 16.7. The molecule has 9 heteroatoms. The number of carbonyl (C=O) groups is 1. The molecule has 1 aliphatic heterocycles. The van der Waals surface area contributed by atoms with E-state index in [-0.39, 0.29) is 5.69 Å². The number of rotatable bonds is 3. The Morgan fingerprint density at radius 2 is 1.88 bits per heavy atom. The summed E-state index contributed by atoms with van der Waals surface area (Å²) in [6.45, 7) is 3.79. The number of hydrogen-bond acceptors (Lipinski definition) is 7. The maximum absolute atomic E-state index is 12.3. The van der Waals surface area contributed by atoms with Crippen molar-refractivity contribution in [1.29, 1.82) is 0 Å². The van der Waals surface area contributed by atoms with Gasteiger partial charge in [-0.3, -0.25) is 20.4 Å². The van der Waals surface area contributed by atoms with Gasteiger partial charge in [-0.05, 0) is 43.2 Å². The number of para-hydroxylation sites is 1. The van der Waals surface area contributed by atoms with Crippen LogP contribution in [-0.2, 0) is 4.84 Å². The smallest absolute Gasteiger partial charge is 0.323 e. The molecule has 1 amide bonds. The Balaban J connectivity index is 1.58. The van der Waals surface area contributed by atoms with E-state index in [0.29, 0.717) is 40.5 Å². The van der Waals surface area contributed by atoms with Crippen LogP contribution in [0.25, 0.3) is 5.57 Å². The van der Waals surface area contributed by atoms with Crippen molar-refractivity contribution in [3.8, 4) is 0 Å². The zero-order valence-electron chi connectivity index (χ0n) is 18.0. The maximum Gasteiger partial charge on any atom is 0.435 e. The first-order valence-corrected chi connectivity index (χ1v) is 10.2. The van der Waals surface area contributed by atoms with Crippen LogP contribution in [0.5, 0.6) is 0 Å². The number of aromatic nitrogens is 1. The predicted octanol–water partition coefficient (Wildman–Crippen LogP) is 5.23. The Bertz CT molecular complexity index is 1270. The average Bonchev–Trinajstić information content (AvgIpc) is 2.99. The van der Waals surface area contributed by atoms with Crippen LogP contribution in [0.3, 0.4) is 0 Å². The van der Waals surface area contributed by atoms with E-state index in [2.05, 4.69) is 20.8 Å². The third-order valence-corrected chi connectivity index (χ3v) is 5.15. The van der Waals surface area contributed by atoms with Crippen LogP contribution in [0.15, 0.2) is 71.9 Å². The van der Waals surface area contributed by atoms with Gasteiger partial charge in [-0.2, -0.15) is 0 Å². The second kappa shape index (κ2) is 9.31. The Hall–Kier alpha value is -4.53. The van der Waals surface area contributed by atoms with Gasteiger partial charge in [0.1, 0.15) is 5.84 Å². The minimum absolute atomic E-state index is 0.0496. The number of hydroxylamine groups is 1. The third-order valence-electron chi connectivity index (χ3n) is 5.15. The van der Waals surface area contributed by atoms with E-state index >= 15 is 0 Å². The lowest BCUT2D eigenvalue weighted by Crippen LogP contribution is -2.29. The number of anilines is 1. The Kier molecular flexibility index (Phi) is 6.12. The van der Waals surface area contributed by atoms with Crippen molar-refractivity contribution in [2.24, 2.45) is 4.99 Å². The zero-order chi connectivity index (χ0) is 23.4. The molecule has 166 valence electrons. The number of carbonyl (C=O) groups excluding carboxylic acids is 1. The second-order valence-corrected chi connectivity index (χ2v) is 7.44. The van der Waals surface area contributed by atoms with Gasteiger partial charge in [-0.1, -0.05) is 30.3 Å². The molecule has 3 aromatic rings. The molecular weight excluding hydrogens is 422 g/mol. The number of non-ortho nitro benzene ring substituents is 1. The molecule has 2 aromatic carbocycles. The highest BCUT2D eigenvalue weighted by Crippen LogP contribution is 2.35. The van der Waals surface area contributed by atoms with Gasteiger partial charge in [0.2, 0.25) is 0 Å². The summed E-state index contributed by atoms with van der Waals surface area (Å²) in [7, 11) is 0. The lowest BCUT2D eigenvalue weighted by molar-refractivity contribution is -0.384. The Labute approximate surface area is 190 Å². The normalized spacial score (nSPS) is 12.5. The fraction of sp³-hybridized carbons (Fsp3) is 0.125. The molecule has 0 atom stereocenters. The van der Waals surface area contributed by atoms with Crippen molar-refractivity contribution >= 4 is 34.6 Å². The van der Waals surface area contributed by atoms with E-state index in [1.54, 1.807) is 18.3 Å². The molecule has 1 aliphatic rings. The number of aryl methyl sites for hydroxylation is 2. The van der Waals surface area contributed by atoms with Crippen LogP contribution in [0.1, 0.15) is 28.8 Å². The number of amides is 1. The summed E-state index contributed by atoms with van der Waals surface area (Å²) in [5.41, 5.74) is 7.50. The minimum Gasteiger partial charge on any atom is -0.323 e. The Morgan fingerprint density at radius 1 is 1.09 bits per heavy atom. The number of aliphatic imine (C=N–C) groups is 1. The molecule has 0 saturated carbocycles. The van der Waals surface area contributed by atoms with Crippen molar-refractivity contribution in [1.82, 2.24) is 10.5 Å². The minimum atomic E-state index is -0.683. The molecule has 1 aromatic heterocycles. The van der Waals surface area contributed by atoms with Crippen molar-refractivity contribution < 1.29 is 14.6 Å². The fourth-order valence-corrected chi connectivity index (χ4v) is 3.52. The molecule has 0 aliphatic carbocycles. The fourth-order valence-electron chi connectivity index (χ4n) is 3.52. The first-order valence-electron chi connectivity index (χ1n) is 10.2. The van der Waals surface area contributed by atoms with E-state index in [0.717, 1.165) is 11.1 Å². The summed E-state index contributed by atoms with van der Waals surface area (Å²) >= 11 is 0. The van der Waals surface area contributed by atoms with Crippen molar-refractivity contribution in [2.45, 2.75) is 20.3 Å². The largest absolute Gasteiger partial charge is 0.435 e. The van der Waals surface area contributed by atoms with Gasteiger partial charge in [0.05, 0.1) is 16.3 Å². The number of amidine groups is 1. The molecule has 33 heavy (non-hydrogen) atoms. The lowest BCUT2D eigenvalue weighted by Gasteiger charge is -2.12.